The van der Waals surface area contributed by atoms with Crippen LogP contribution < -0.4 is 5.32 Å². The third-order valence-corrected chi connectivity index (χ3v) is 3.84. The maximum atomic E-state index is 12.9. The zero-order valence-corrected chi connectivity index (χ0v) is 15.2. The van der Waals surface area contributed by atoms with Crippen LogP contribution in [0.1, 0.15) is 53.2 Å². The van der Waals surface area contributed by atoms with Gasteiger partial charge in [-0.1, -0.05) is 32.0 Å². The number of rotatable bonds is 8. The molecule has 0 aliphatic carbocycles. The van der Waals surface area contributed by atoms with Crippen LogP contribution in [0.15, 0.2) is 42.5 Å². The number of carbonyl (C=O) groups excluding carboxylic acids is 2. The molecule has 1 aromatic heterocycles. The first-order chi connectivity index (χ1) is 12.5. The van der Waals surface area contributed by atoms with Gasteiger partial charge in [-0.2, -0.15) is 0 Å². The molecule has 0 saturated carbocycles. The van der Waals surface area contributed by atoms with E-state index in [9.17, 15) is 14.0 Å². The number of hydrogen-bond donors (Lipinski definition) is 1. The second kappa shape index (κ2) is 9.65. The maximum absolute atomic E-state index is 12.9. The van der Waals surface area contributed by atoms with Crippen LogP contribution in [0.5, 0.6) is 0 Å². The van der Waals surface area contributed by atoms with E-state index in [0.29, 0.717) is 13.1 Å². The summed E-state index contributed by atoms with van der Waals surface area (Å²) in [4.78, 5) is 30.9. The summed E-state index contributed by atoms with van der Waals surface area (Å²) in [6.07, 6.45) is 1.73. The zero-order valence-electron chi connectivity index (χ0n) is 15.2. The van der Waals surface area contributed by atoms with Crippen molar-refractivity contribution in [2.45, 2.75) is 33.2 Å². The number of aromatic nitrogens is 1. The molecule has 2 aromatic rings. The van der Waals surface area contributed by atoms with E-state index >= 15 is 0 Å². The van der Waals surface area contributed by atoms with Gasteiger partial charge in [-0.3, -0.25) is 9.59 Å². The van der Waals surface area contributed by atoms with Crippen molar-refractivity contribution in [3.63, 3.8) is 0 Å². The van der Waals surface area contributed by atoms with E-state index in [1.807, 2.05) is 13.8 Å². The molecule has 0 fully saturated rings. The first-order valence-corrected chi connectivity index (χ1v) is 8.84. The first kappa shape index (κ1) is 19.6. The molecule has 2 amide bonds. The molecule has 2 rings (SSSR count). The van der Waals surface area contributed by atoms with E-state index in [-0.39, 0.29) is 35.6 Å². The van der Waals surface area contributed by atoms with Gasteiger partial charge in [0.1, 0.15) is 17.2 Å². The van der Waals surface area contributed by atoms with Crippen molar-refractivity contribution in [2.75, 3.05) is 13.1 Å². The summed E-state index contributed by atoms with van der Waals surface area (Å²) in [5, 5.41) is 2.73. The van der Waals surface area contributed by atoms with E-state index in [2.05, 4.69) is 10.3 Å². The second-order valence-electron chi connectivity index (χ2n) is 6.01. The smallest absolute Gasteiger partial charge is 0.272 e. The molecule has 0 radical (unpaired) electrons. The van der Waals surface area contributed by atoms with Gasteiger partial charge in [-0.25, -0.2) is 9.37 Å². The van der Waals surface area contributed by atoms with E-state index < -0.39 is 0 Å². The van der Waals surface area contributed by atoms with Crippen LogP contribution >= 0.6 is 0 Å². The molecule has 1 aromatic carbocycles. The largest absolute Gasteiger partial charge is 0.347 e. The van der Waals surface area contributed by atoms with Gasteiger partial charge in [-0.15, -0.1) is 0 Å². The highest BCUT2D eigenvalue weighted by atomic mass is 19.1. The quantitative estimate of drug-likeness (QED) is 0.787. The summed E-state index contributed by atoms with van der Waals surface area (Å²) in [6.45, 7) is 5.62. The monoisotopic (exact) mass is 357 g/mol. The molecule has 0 bridgehead atoms. The summed E-state index contributed by atoms with van der Waals surface area (Å²) in [5.74, 6) is -0.861. The van der Waals surface area contributed by atoms with Crippen LogP contribution in [-0.4, -0.2) is 34.8 Å². The fourth-order valence-corrected chi connectivity index (χ4v) is 2.57. The van der Waals surface area contributed by atoms with Crippen LogP contribution in [-0.2, 0) is 6.54 Å². The van der Waals surface area contributed by atoms with Gasteiger partial charge in [0.2, 0.25) is 0 Å². The Bertz CT molecular complexity index is 741. The number of amides is 2. The molecule has 1 heterocycles. The third kappa shape index (κ3) is 5.37. The lowest BCUT2D eigenvalue weighted by molar-refractivity contribution is 0.0749. The highest BCUT2D eigenvalue weighted by molar-refractivity contribution is 5.96. The van der Waals surface area contributed by atoms with Crippen LogP contribution in [0.25, 0.3) is 0 Å². The number of nitrogens with zero attached hydrogens (tertiary/aromatic N) is 2. The lowest BCUT2D eigenvalue weighted by Crippen LogP contribution is -2.33. The van der Waals surface area contributed by atoms with E-state index in [0.717, 1.165) is 18.4 Å². The maximum Gasteiger partial charge on any atom is 0.272 e. The van der Waals surface area contributed by atoms with Gasteiger partial charge in [0.25, 0.3) is 11.8 Å². The number of pyridine rings is 1. The Hall–Kier alpha value is -2.76. The van der Waals surface area contributed by atoms with Crippen molar-refractivity contribution < 1.29 is 14.0 Å². The van der Waals surface area contributed by atoms with Gasteiger partial charge in [0.15, 0.2) is 0 Å². The van der Waals surface area contributed by atoms with E-state index in [1.165, 1.54) is 12.1 Å². The van der Waals surface area contributed by atoms with Crippen molar-refractivity contribution in [3.8, 4) is 0 Å². The van der Waals surface area contributed by atoms with Crippen LogP contribution in [0.4, 0.5) is 4.39 Å². The molecule has 0 unspecified atom stereocenters. The van der Waals surface area contributed by atoms with E-state index in [1.54, 1.807) is 35.2 Å². The summed E-state index contributed by atoms with van der Waals surface area (Å²) in [6, 6.07) is 10.7. The number of nitrogens with one attached hydrogen (secondary N) is 1. The summed E-state index contributed by atoms with van der Waals surface area (Å²) >= 11 is 0. The average molecular weight is 357 g/mol. The van der Waals surface area contributed by atoms with Gasteiger partial charge in [0.05, 0.1) is 0 Å². The SMILES string of the molecule is CCCN(CCC)C(=O)c1cccc(C(=O)NCc2ccc(F)cc2)n1. The molecule has 138 valence electrons. The fraction of sp³-hybridized carbons (Fsp3) is 0.350. The number of halogens is 1. The van der Waals surface area contributed by atoms with Crippen molar-refractivity contribution in [3.05, 3.63) is 65.2 Å². The van der Waals surface area contributed by atoms with Crippen molar-refractivity contribution in [1.82, 2.24) is 15.2 Å². The predicted octanol–water partition coefficient (Wildman–Crippen LogP) is 3.41. The van der Waals surface area contributed by atoms with Gasteiger partial charge < -0.3 is 10.2 Å². The summed E-state index contributed by atoms with van der Waals surface area (Å²) < 4.78 is 12.9. The van der Waals surface area contributed by atoms with Gasteiger partial charge in [0, 0.05) is 19.6 Å². The lowest BCUT2D eigenvalue weighted by Gasteiger charge is -2.21. The topological polar surface area (TPSA) is 62.3 Å². The van der Waals surface area contributed by atoms with Gasteiger partial charge >= 0.3 is 0 Å². The molecular weight excluding hydrogens is 333 g/mol. The van der Waals surface area contributed by atoms with Crippen molar-refractivity contribution in [2.24, 2.45) is 0 Å². The second-order valence-corrected chi connectivity index (χ2v) is 6.01. The summed E-state index contributed by atoms with van der Waals surface area (Å²) in [7, 11) is 0. The normalized spacial score (nSPS) is 10.4. The minimum absolute atomic E-state index is 0.165. The van der Waals surface area contributed by atoms with Gasteiger partial charge in [-0.05, 0) is 42.7 Å². The standard InChI is InChI=1S/C20H24FN3O2/c1-3-12-24(13-4-2)20(26)18-7-5-6-17(23-18)19(25)22-14-15-8-10-16(21)11-9-15/h5-11H,3-4,12-14H2,1-2H3,(H,22,25). The Morgan fingerprint density at radius 2 is 1.62 bits per heavy atom. The Balaban J connectivity index is 2.05. The first-order valence-electron chi connectivity index (χ1n) is 8.84. The van der Waals surface area contributed by atoms with E-state index in [4.69, 9.17) is 0 Å². The molecule has 26 heavy (non-hydrogen) atoms. The minimum atomic E-state index is -0.374. The lowest BCUT2D eigenvalue weighted by atomic mass is 10.2. The Morgan fingerprint density at radius 3 is 2.23 bits per heavy atom. The average Bonchev–Trinajstić information content (AvgIpc) is 2.66. The fourth-order valence-electron chi connectivity index (χ4n) is 2.57. The molecular formula is C20H24FN3O2. The molecule has 0 spiro atoms. The Morgan fingerprint density at radius 1 is 1.00 bits per heavy atom. The Kier molecular flexibility index (Phi) is 7.26. The molecule has 6 heteroatoms. The molecule has 5 nitrogen and oxygen atoms in total. The highest BCUT2D eigenvalue weighted by Crippen LogP contribution is 2.07. The predicted molar refractivity (Wildman–Crippen MR) is 98.3 cm³/mol. The molecule has 0 aliphatic heterocycles. The van der Waals surface area contributed by atoms with Crippen LogP contribution in [0, 0.1) is 5.82 Å². The molecule has 0 aliphatic rings. The summed E-state index contributed by atoms with van der Waals surface area (Å²) in [5.41, 5.74) is 1.23. The van der Waals surface area contributed by atoms with Crippen LogP contribution in [0.2, 0.25) is 0 Å². The van der Waals surface area contributed by atoms with Crippen molar-refractivity contribution in [1.29, 1.82) is 0 Å². The third-order valence-electron chi connectivity index (χ3n) is 3.84. The van der Waals surface area contributed by atoms with Crippen molar-refractivity contribution >= 4 is 11.8 Å². The van der Waals surface area contributed by atoms with Crippen LogP contribution in [0.3, 0.4) is 0 Å². The number of hydrogen-bond acceptors (Lipinski definition) is 3. The zero-order chi connectivity index (χ0) is 18.9. The minimum Gasteiger partial charge on any atom is -0.347 e. The molecule has 1 N–H and O–H groups in total. The Labute approximate surface area is 153 Å². The number of benzene rings is 1. The highest BCUT2D eigenvalue weighted by Gasteiger charge is 2.17. The molecule has 0 saturated heterocycles. The number of carbonyl (C=O) groups is 2. The molecule has 0 atom stereocenters.